The van der Waals surface area contributed by atoms with Gasteiger partial charge in [0.05, 0.1) is 0 Å². The molecular formula is C12H20FN3O3S2. The van der Waals surface area contributed by atoms with Crippen LogP contribution in [0.5, 0.6) is 0 Å². The van der Waals surface area contributed by atoms with Gasteiger partial charge >= 0.3 is 10.2 Å². The van der Waals surface area contributed by atoms with Crippen molar-refractivity contribution in [1.29, 1.82) is 0 Å². The monoisotopic (exact) mass is 337 g/mol. The summed E-state index contributed by atoms with van der Waals surface area (Å²) in [6, 6.07) is 4.96. The zero-order valence-electron chi connectivity index (χ0n) is 12.6. The summed E-state index contributed by atoms with van der Waals surface area (Å²) in [5.41, 5.74) is 0.616. The van der Waals surface area contributed by atoms with Crippen molar-refractivity contribution < 1.29 is 17.0 Å². The van der Waals surface area contributed by atoms with Crippen LogP contribution in [0.3, 0.4) is 0 Å². The van der Waals surface area contributed by atoms with E-state index >= 15 is 0 Å². The molecule has 0 saturated carbocycles. The van der Waals surface area contributed by atoms with Gasteiger partial charge in [-0.25, -0.2) is 12.9 Å². The maximum Gasteiger partial charge on any atom is 0.331 e. The molecule has 0 heterocycles. The minimum absolute atomic E-state index is 0.398. The summed E-state index contributed by atoms with van der Waals surface area (Å²) in [4.78, 5) is 0. The van der Waals surface area contributed by atoms with E-state index in [-0.39, 0.29) is 0 Å². The Morgan fingerprint density at radius 2 is 1.57 bits per heavy atom. The first-order valence-corrected chi connectivity index (χ1v) is 9.39. The minimum atomic E-state index is -4.07. The molecule has 0 amide bonds. The van der Waals surface area contributed by atoms with Crippen LogP contribution in [-0.4, -0.2) is 48.6 Å². The SMILES string of the molecule is CC(c1ccc(F)cc1)N(C)S(=O)(=O)N=S(C)(=O)N(C)C. The molecule has 0 radical (unpaired) electrons. The molecule has 0 aromatic heterocycles. The van der Waals surface area contributed by atoms with Crippen LogP contribution in [0.1, 0.15) is 18.5 Å². The zero-order chi connectivity index (χ0) is 16.4. The van der Waals surface area contributed by atoms with Crippen LogP contribution in [0.25, 0.3) is 0 Å². The molecule has 0 aliphatic carbocycles. The Morgan fingerprint density at radius 3 is 2.00 bits per heavy atom. The lowest BCUT2D eigenvalue weighted by atomic mass is 10.1. The van der Waals surface area contributed by atoms with Crippen molar-refractivity contribution in [3.63, 3.8) is 0 Å². The molecule has 1 aromatic carbocycles. The molecule has 2 unspecified atom stereocenters. The predicted octanol–water partition coefficient (Wildman–Crippen LogP) is 1.64. The second-order valence-corrected chi connectivity index (χ2v) is 9.19. The summed E-state index contributed by atoms with van der Waals surface area (Å²) >= 11 is 0. The van der Waals surface area contributed by atoms with Gasteiger partial charge in [0, 0.05) is 33.4 Å². The zero-order valence-corrected chi connectivity index (χ0v) is 14.3. The smallest absolute Gasteiger partial charge is 0.233 e. The summed E-state index contributed by atoms with van der Waals surface area (Å²) < 4.78 is 55.2. The second-order valence-electron chi connectivity index (χ2n) is 4.87. The predicted molar refractivity (Wildman–Crippen MR) is 81.7 cm³/mol. The Balaban J connectivity index is 3.15. The third-order valence-corrected chi connectivity index (χ3v) is 7.43. The van der Waals surface area contributed by atoms with Crippen molar-refractivity contribution in [3.05, 3.63) is 35.6 Å². The Hall–Kier alpha value is -1.03. The minimum Gasteiger partial charge on any atom is -0.233 e. The molecule has 0 aliphatic heterocycles. The van der Waals surface area contributed by atoms with Crippen molar-refractivity contribution in [2.45, 2.75) is 13.0 Å². The van der Waals surface area contributed by atoms with E-state index in [1.807, 2.05) is 0 Å². The molecule has 9 heteroatoms. The molecule has 21 heavy (non-hydrogen) atoms. The molecule has 0 aliphatic rings. The molecule has 1 rings (SSSR count). The first-order chi connectivity index (χ1) is 9.47. The molecule has 1 aromatic rings. The lowest BCUT2D eigenvalue weighted by Crippen LogP contribution is -2.31. The van der Waals surface area contributed by atoms with Crippen LogP contribution >= 0.6 is 0 Å². The molecule has 120 valence electrons. The van der Waals surface area contributed by atoms with Crippen LogP contribution in [0.4, 0.5) is 4.39 Å². The summed E-state index contributed by atoms with van der Waals surface area (Å²) in [5, 5.41) is 0. The Labute approximate surface area is 126 Å². The third kappa shape index (κ3) is 4.47. The Kier molecular flexibility index (Phi) is 5.48. The van der Waals surface area contributed by atoms with Crippen LogP contribution in [0.15, 0.2) is 28.0 Å². The summed E-state index contributed by atoms with van der Waals surface area (Å²) in [5.74, 6) is -0.398. The average Bonchev–Trinajstić information content (AvgIpc) is 2.36. The molecule has 0 bridgehead atoms. The van der Waals surface area contributed by atoms with E-state index in [2.05, 4.69) is 3.77 Å². The van der Waals surface area contributed by atoms with E-state index in [4.69, 9.17) is 0 Å². The van der Waals surface area contributed by atoms with Crippen molar-refractivity contribution in [1.82, 2.24) is 8.61 Å². The van der Waals surface area contributed by atoms with Gasteiger partial charge in [-0.1, -0.05) is 15.9 Å². The largest absolute Gasteiger partial charge is 0.331 e. The molecule has 6 nitrogen and oxygen atoms in total. The number of hydrogen-bond donors (Lipinski definition) is 0. The van der Waals surface area contributed by atoms with Crippen molar-refractivity contribution in [3.8, 4) is 0 Å². The average molecular weight is 337 g/mol. The fraction of sp³-hybridized carbons (Fsp3) is 0.500. The molecular weight excluding hydrogens is 317 g/mol. The standard InChI is InChI=1S/C12H20FN3O3S2/c1-10(11-6-8-12(13)9-7-11)16(4)21(18,19)14-20(5,17)15(2)3/h6-10H,1-5H3. The van der Waals surface area contributed by atoms with E-state index < -0.39 is 32.0 Å². The lowest BCUT2D eigenvalue weighted by Gasteiger charge is -2.23. The normalized spacial score (nSPS) is 16.8. The van der Waals surface area contributed by atoms with Gasteiger partial charge in [0.2, 0.25) is 0 Å². The van der Waals surface area contributed by atoms with E-state index in [1.54, 1.807) is 6.92 Å². The summed E-state index contributed by atoms with van der Waals surface area (Å²) in [6.45, 7) is 1.65. The van der Waals surface area contributed by atoms with Gasteiger partial charge in [0.25, 0.3) is 0 Å². The maximum absolute atomic E-state index is 12.9. The van der Waals surface area contributed by atoms with E-state index in [1.165, 1.54) is 56.0 Å². The molecule has 0 spiro atoms. The summed E-state index contributed by atoms with van der Waals surface area (Å²) in [6.07, 6.45) is 1.25. The van der Waals surface area contributed by atoms with Gasteiger partial charge in [-0.2, -0.15) is 12.7 Å². The molecule has 0 fully saturated rings. The van der Waals surface area contributed by atoms with Gasteiger partial charge in [-0.05, 0) is 24.6 Å². The second kappa shape index (κ2) is 6.39. The number of halogens is 1. The Morgan fingerprint density at radius 1 is 1.10 bits per heavy atom. The highest BCUT2D eigenvalue weighted by Crippen LogP contribution is 2.23. The van der Waals surface area contributed by atoms with Gasteiger partial charge in [-0.15, -0.1) is 0 Å². The quantitative estimate of drug-likeness (QED) is 0.820. The van der Waals surface area contributed by atoms with Gasteiger partial charge < -0.3 is 0 Å². The first kappa shape index (κ1) is 18.0. The van der Waals surface area contributed by atoms with Crippen LogP contribution in [-0.2, 0) is 20.1 Å². The van der Waals surface area contributed by atoms with E-state index in [0.717, 1.165) is 4.31 Å². The molecule has 2 atom stereocenters. The number of rotatable bonds is 5. The molecule has 0 N–H and O–H groups in total. The third-order valence-electron chi connectivity index (χ3n) is 3.17. The van der Waals surface area contributed by atoms with E-state index in [0.29, 0.717) is 5.56 Å². The number of benzene rings is 1. The van der Waals surface area contributed by atoms with Crippen LogP contribution in [0.2, 0.25) is 0 Å². The van der Waals surface area contributed by atoms with E-state index in [9.17, 15) is 17.0 Å². The van der Waals surface area contributed by atoms with Crippen molar-refractivity contribution in [2.75, 3.05) is 27.4 Å². The first-order valence-electron chi connectivity index (χ1n) is 6.11. The highest BCUT2D eigenvalue weighted by molar-refractivity contribution is 8.00. The Bertz CT molecular complexity index is 708. The van der Waals surface area contributed by atoms with Crippen molar-refractivity contribution >= 4 is 20.1 Å². The highest BCUT2D eigenvalue weighted by Gasteiger charge is 2.26. The molecule has 0 saturated heterocycles. The highest BCUT2D eigenvalue weighted by atomic mass is 32.3. The van der Waals surface area contributed by atoms with Crippen LogP contribution < -0.4 is 0 Å². The van der Waals surface area contributed by atoms with Crippen LogP contribution in [0, 0.1) is 5.82 Å². The fourth-order valence-electron chi connectivity index (χ4n) is 1.45. The maximum atomic E-state index is 12.9. The van der Waals surface area contributed by atoms with Crippen molar-refractivity contribution in [2.24, 2.45) is 3.77 Å². The fourth-order valence-corrected chi connectivity index (χ4v) is 4.32. The van der Waals surface area contributed by atoms with Gasteiger partial charge in [0.1, 0.15) is 15.7 Å². The van der Waals surface area contributed by atoms with Gasteiger partial charge in [0.15, 0.2) is 0 Å². The lowest BCUT2D eigenvalue weighted by molar-refractivity contribution is 0.399. The summed E-state index contributed by atoms with van der Waals surface area (Å²) in [7, 11) is -2.75. The van der Waals surface area contributed by atoms with Gasteiger partial charge in [-0.3, -0.25) is 0 Å². The number of hydrogen-bond acceptors (Lipinski definition) is 3. The topological polar surface area (TPSA) is 70.0 Å². The number of nitrogens with zero attached hydrogens (tertiary/aromatic N) is 3.